The number of nitrogens with one attached hydrogen (secondary N) is 2. The number of nitrogens with zero attached hydrogens (tertiary/aromatic N) is 1. The maximum atomic E-state index is 12.5. The molecular formula is C14H20BrN3O2. The van der Waals surface area contributed by atoms with Gasteiger partial charge >= 0.3 is 0 Å². The largest absolute Gasteiger partial charge is 0.379 e. The lowest BCUT2D eigenvalue weighted by atomic mass is 9.94. The first-order chi connectivity index (χ1) is 9.54. The standard InChI is InChI=1S/C14H20BrN3O2/c1-3-16-12-11(7-10(15)8-17-12)13(19)18-14(2)5-4-6-20-9-14/h7-8H,3-6,9H2,1-2H3,(H,16,17)(H,18,19). The summed E-state index contributed by atoms with van der Waals surface area (Å²) in [5.74, 6) is 0.483. The number of amides is 1. The summed E-state index contributed by atoms with van der Waals surface area (Å²) in [7, 11) is 0. The van der Waals surface area contributed by atoms with E-state index in [9.17, 15) is 4.79 Å². The van der Waals surface area contributed by atoms with Crippen LogP contribution in [0.2, 0.25) is 0 Å². The van der Waals surface area contributed by atoms with Gasteiger partial charge in [0, 0.05) is 23.8 Å². The van der Waals surface area contributed by atoms with Gasteiger partial charge in [0.15, 0.2) is 0 Å². The number of hydrogen-bond donors (Lipinski definition) is 2. The Morgan fingerprint density at radius 2 is 2.40 bits per heavy atom. The second-order valence-electron chi connectivity index (χ2n) is 5.25. The van der Waals surface area contributed by atoms with Crippen molar-refractivity contribution in [2.24, 2.45) is 0 Å². The van der Waals surface area contributed by atoms with Gasteiger partial charge in [-0.15, -0.1) is 0 Å². The molecule has 20 heavy (non-hydrogen) atoms. The van der Waals surface area contributed by atoms with Crippen LogP contribution >= 0.6 is 15.9 Å². The highest BCUT2D eigenvalue weighted by molar-refractivity contribution is 9.10. The monoisotopic (exact) mass is 341 g/mol. The molecule has 0 aromatic carbocycles. The highest BCUT2D eigenvalue weighted by atomic mass is 79.9. The zero-order valence-electron chi connectivity index (χ0n) is 11.8. The quantitative estimate of drug-likeness (QED) is 0.883. The predicted molar refractivity (Wildman–Crippen MR) is 82.0 cm³/mol. The number of rotatable bonds is 4. The molecule has 1 aliphatic rings. The third kappa shape index (κ3) is 3.70. The number of ether oxygens (including phenoxy) is 1. The van der Waals surface area contributed by atoms with Crippen molar-refractivity contribution in [3.63, 3.8) is 0 Å². The van der Waals surface area contributed by atoms with Crippen LogP contribution in [0.3, 0.4) is 0 Å². The van der Waals surface area contributed by atoms with E-state index >= 15 is 0 Å². The summed E-state index contributed by atoms with van der Waals surface area (Å²) in [6, 6.07) is 1.79. The Kier molecular flexibility index (Phi) is 4.99. The van der Waals surface area contributed by atoms with Crippen molar-refractivity contribution >= 4 is 27.7 Å². The topological polar surface area (TPSA) is 63.2 Å². The van der Waals surface area contributed by atoms with Crippen molar-refractivity contribution in [3.05, 3.63) is 22.3 Å². The number of carbonyl (C=O) groups is 1. The first-order valence-corrected chi connectivity index (χ1v) is 7.63. The van der Waals surface area contributed by atoms with Crippen LogP contribution in [-0.2, 0) is 4.74 Å². The SMILES string of the molecule is CCNc1ncc(Br)cc1C(=O)NC1(C)CCCOC1. The van der Waals surface area contributed by atoms with E-state index < -0.39 is 0 Å². The van der Waals surface area contributed by atoms with Crippen LogP contribution in [0.25, 0.3) is 0 Å². The summed E-state index contributed by atoms with van der Waals surface area (Å²) >= 11 is 3.36. The molecule has 1 saturated heterocycles. The van der Waals surface area contributed by atoms with Gasteiger partial charge in [0.05, 0.1) is 17.7 Å². The fourth-order valence-corrected chi connectivity index (χ4v) is 2.63. The zero-order valence-corrected chi connectivity index (χ0v) is 13.4. The molecule has 2 rings (SSSR count). The number of carbonyl (C=O) groups excluding carboxylic acids is 1. The minimum Gasteiger partial charge on any atom is -0.379 e. The average molecular weight is 342 g/mol. The van der Waals surface area contributed by atoms with Crippen LogP contribution in [0.4, 0.5) is 5.82 Å². The Bertz CT molecular complexity index is 487. The molecule has 1 aromatic heterocycles. The minimum atomic E-state index is -0.304. The van der Waals surface area contributed by atoms with Gasteiger partial charge in [-0.05, 0) is 48.7 Å². The lowest BCUT2D eigenvalue weighted by Crippen LogP contribution is -2.51. The Morgan fingerprint density at radius 1 is 1.60 bits per heavy atom. The third-order valence-corrected chi connectivity index (χ3v) is 3.73. The fraction of sp³-hybridized carbons (Fsp3) is 0.571. The molecule has 1 unspecified atom stereocenters. The van der Waals surface area contributed by atoms with E-state index in [-0.39, 0.29) is 11.4 Å². The number of halogens is 1. The van der Waals surface area contributed by atoms with Crippen molar-refractivity contribution in [1.82, 2.24) is 10.3 Å². The molecule has 6 heteroatoms. The Balaban J connectivity index is 2.17. The van der Waals surface area contributed by atoms with Crippen LogP contribution in [0.15, 0.2) is 16.7 Å². The highest BCUT2D eigenvalue weighted by Gasteiger charge is 2.30. The fourth-order valence-electron chi connectivity index (χ4n) is 2.29. The van der Waals surface area contributed by atoms with E-state index in [1.165, 1.54) is 0 Å². The molecule has 0 bridgehead atoms. The van der Waals surface area contributed by atoms with Gasteiger partial charge in [0.2, 0.25) is 0 Å². The number of anilines is 1. The summed E-state index contributed by atoms with van der Waals surface area (Å²) in [4.78, 5) is 16.8. The van der Waals surface area contributed by atoms with Gasteiger partial charge in [0.1, 0.15) is 5.82 Å². The van der Waals surface area contributed by atoms with Gasteiger partial charge in [-0.1, -0.05) is 0 Å². The summed E-state index contributed by atoms with van der Waals surface area (Å²) < 4.78 is 6.25. The first-order valence-electron chi connectivity index (χ1n) is 6.84. The molecule has 1 atom stereocenters. The number of aromatic nitrogens is 1. The van der Waals surface area contributed by atoms with Crippen LogP contribution in [0.1, 0.15) is 37.0 Å². The smallest absolute Gasteiger partial charge is 0.255 e. The third-order valence-electron chi connectivity index (χ3n) is 3.30. The molecule has 0 spiro atoms. The molecule has 5 nitrogen and oxygen atoms in total. The summed E-state index contributed by atoms with van der Waals surface area (Å²) in [6.45, 7) is 6.03. The maximum absolute atomic E-state index is 12.5. The Morgan fingerprint density at radius 3 is 3.05 bits per heavy atom. The molecule has 0 radical (unpaired) electrons. The van der Waals surface area contributed by atoms with E-state index in [1.54, 1.807) is 12.3 Å². The highest BCUT2D eigenvalue weighted by Crippen LogP contribution is 2.22. The van der Waals surface area contributed by atoms with Crippen molar-refractivity contribution in [3.8, 4) is 0 Å². The lowest BCUT2D eigenvalue weighted by molar-refractivity contribution is 0.0273. The van der Waals surface area contributed by atoms with Crippen LogP contribution in [0, 0.1) is 0 Å². The van der Waals surface area contributed by atoms with E-state index in [0.29, 0.717) is 18.0 Å². The van der Waals surface area contributed by atoms with E-state index in [1.807, 2.05) is 13.8 Å². The number of hydrogen-bond acceptors (Lipinski definition) is 4. The van der Waals surface area contributed by atoms with Crippen LogP contribution in [-0.4, -0.2) is 36.2 Å². The molecule has 2 N–H and O–H groups in total. The van der Waals surface area contributed by atoms with Crippen molar-refractivity contribution in [2.75, 3.05) is 25.1 Å². The lowest BCUT2D eigenvalue weighted by Gasteiger charge is -2.34. The second-order valence-corrected chi connectivity index (χ2v) is 6.17. The molecule has 1 aromatic rings. The summed E-state index contributed by atoms with van der Waals surface area (Å²) in [5.41, 5.74) is 0.245. The first kappa shape index (κ1) is 15.3. The van der Waals surface area contributed by atoms with Gasteiger partial charge in [-0.2, -0.15) is 0 Å². The molecule has 1 amide bonds. The van der Waals surface area contributed by atoms with E-state index in [0.717, 1.165) is 30.5 Å². The van der Waals surface area contributed by atoms with Gasteiger partial charge in [-0.3, -0.25) is 4.79 Å². The van der Waals surface area contributed by atoms with Crippen molar-refractivity contribution in [2.45, 2.75) is 32.2 Å². The Hall–Kier alpha value is -1.14. The van der Waals surface area contributed by atoms with Gasteiger partial charge in [0.25, 0.3) is 5.91 Å². The summed E-state index contributed by atoms with van der Waals surface area (Å²) in [5, 5.41) is 6.18. The zero-order chi connectivity index (χ0) is 14.6. The van der Waals surface area contributed by atoms with Crippen molar-refractivity contribution in [1.29, 1.82) is 0 Å². The predicted octanol–water partition coefficient (Wildman–Crippen LogP) is 2.57. The Labute approximate surface area is 127 Å². The molecule has 1 aliphatic heterocycles. The molecule has 0 aliphatic carbocycles. The van der Waals surface area contributed by atoms with Crippen LogP contribution in [0.5, 0.6) is 0 Å². The molecule has 1 fully saturated rings. The average Bonchev–Trinajstić information content (AvgIpc) is 2.41. The second kappa shape index (κ2) is 6.54. The number of pyridine rings is 1. The summed E-state index contributed by atoms with van der Waals surface area (Å²) in [6.07, 6.45) is 3.57. The van der Waals surface area contributed by atoms with Crippen molar-refractivity contribution < 1.29 is 9.53 Å². The van der Waals surface area contributed by atoms with E-state index in [2.05, 4.69) is 31.5 Å². The molecule has 2 heterocycles. The van der Waals surface area contributed by atoms with Gasteiger partial charge in [-0.25, -0.2) is 4.98 Å². The molecule has 110 valence electrons. The van der Waals surface area contributed by atoms with Gasteiger partial charge < -0.3 is 15.4 Å². The van der Waals surface area contributed by atoms with Crippen LogP contribution < -0.4 is 10.6 Å². The normalized spacial score (nSPS) is 22.4. The molecular weight excluding hydrogens is 322 g/mol. The molecule has 0 saturated carbocycles. The maximum Gasteiger partial charge on any atom is 0.255 e. The minimum absolute atomic E-state index is 0.122. The van der Waals surface area contributed by atoms with E-state index in [4.69, 9.17) is 4.74 Å².